The number of hydrogen-bond donors (Lipinski definition) is 2. The van der Waals surface area contributed by atoms with Gasteiger partial charge in [-0.3, -0.25) is 14.9 Å². The van der Waals surface area contributed by atoms with E-state index < -0.39 is 22.3 Å². The van der Waals surface area contributed by atoms with E-state index in [4.69, 9.17) is 0 Å². The molecular formula is C13H19FN4O3. The lowest BCUT2D eigenvalue weighted by atomic mass is 10.1. The van der Waals surface area contributed by atoms with Gasteiger partial charge >= 0.3 is 0 Å². The van der Waals surface area contributed by atoms with Crippen molar-refractivity contribution in [2.75, 3.05) is 39.5 Å². The standard InChI is InChI=1S/C13H19FN4O3/c1-15-11-7-9(12(18(20)21)8-10(11)14)13(19)16-5-4-6-17(2)3/h7-8,15H,4-6H2,1-3H3,(H,16,19). The van der Waals surface area contributed by atoms with Crippen LogP contribution in [0.1, 0.15) is 16.8 Å². The smallest absolute Gasteiger partial charge is 0.285 e. The van der Waals surface area contributed by atoms with Crippen LogP contribution in [0.15, 0.2) is 12.1 Å². The van der Waals surface area contributed by atoms with E-state index in [0.29, 0.717) is 13.0 Å². The third-order valence-electron chi connectivity index (χ3n) is 2.86. The van der Waals surface area contributed by atoms with Crippen LogP contribution in [-0.4, -0.2) is 50.0 Å². The van der Waals surface area contributed by atoms with E-state index >= 15 is 0 Å². The van der Waals surface area contributed by atoms with Crippen molar-refractivity contribution in [2.45, 2.75) is 6.42 Å². The molecule has 21 heavy (non-hydrogen) atoms. The fraction of sp³-hybridized carbons (Fsp3) is 0.462. The van der Waals surface area contributed by atoms with Gasteiger partial charge in [0.05, 0.1) is 16.7 Å². The molecule has 0 aliphatic heterocycles. The zero-order chi connectivity index (χ0) is 16.0. The van der Waals surface area contributed by atoms with Crippen molar-refractivity contribution in [2.24, 2.45) is 0 Å². The number of nitro groups is 1. The third-order valence-corrected chi connectivity index (χ3v) is 2.86. The second-order valence-electron chi connectivity index (χ2n) is 4.77. The predicted octanol–water partition coefficient (Wildman–Crippen LogP) is 1.46. The molecule has 0 spiro atoms. The Kier molecular flexibility index (Phi) is 6.04. The highest BCUT2D eigenvalue weighted by Crippen LogP contribution is 2.25. The van der Waals surface area contributed by atoms with Crippen molar-refractivity contribution in [1.29, 1.82) is 0 Å². The van der Waals surface area contributed by atoms with Gasteiger partial charge in [-0.1, -0.05) is 0 Å². The number of rotatable bonds is 7. The van der Waals surface area contributed by atoms with Crippen LogP contribution in [-0.2, 0) is 0 Å². The number of carbonyl (C=O) groups excluding carboxylic acids is 1. The van der Waals surface area contributed by atoms with Gasteiger partial charge in [-0.25, -0.2) is 4.39 Å². The van der Waals surface area contributed by atoms with Crippen LogP contribution < -0.4 is 10.6 Å². The maximum absolute atomic E-state index is 13.5. The Bertz CT molecular complexity index is 534. The van der Waals surface area contributed by atoms with Gasteiger partial charge in [0.25, 0.3) is 11.6 Å². The monoisotopic (exact) mass is 298 g/mol. The average Bonchev–Trinajstić information content (AvgIpc) is 2.42. The molecule has 0 saturated heterocycles. The molecule has 0 aromatic heterocycles. The summed E-state index contributed by atoms with van der Waals surface area (Å²) >= 11 is 0. The Morgan fingerprint density at radius 1 is 1.43 bits per heavy atom. The fourth-order valence-corrected chi connectivity index (χ4v) is 1.78. The number of nitro benzene ring substituents is 1. The van der Waals surface area contributed by atoms with E-state index in [9.17, 15) is 19.3 Å². The van der Waals surface area contributed by atoms with E-state index in [2.05, 4.69) is 10.6 Å². The van der Waals surface area contributed by atoms with Gasteiger partial charge in [-0.2, -0.15) is 0 Å². The summed E-state index contributed by atoms with van der Waals surface area (Å²) < 4.78 is 13.5. The van der Waals surface area contributed by atoms with Crippen LogP contribution >= 0.6 is 0 Å². The Hall–Kier alpha value is -2.22. The van der Waals surface area contributed by atoms with Crippen molar-refractivity contribution >= 4 is 17.3 Å². The second-order valence-corrected chi connectivity index (χ2v) is 4.77. The van der Waals surface area contributed by atoms with E-state index in [0.717, 1.165) is 18.7 Å². The number of nitrogens with zero attached hydrogens (tertiary/aromatic N) is 2. The van der Waals surface area contributed by atoms with Crippen LogP contribution in [0.3, 0.4) is 0 Å². The van der Waals surface area contributed by atoms with Crippen LogP contribution in [0, 0.1) is 15.9 Å². The molecule has 1 aromatic carbocycles. The molecule has 0 aliphatic rings. The molecule has 1 rings (SSSR count). The normalized spacial score (nSPS) is 10.5. The van der Waals surface area contributed by atoms with Crippen LogP contribution in [0.5, 0.6) is 0 Å². The molecule has 8 heteroatoms. The van der Waals surface area contributed by atoms with Crippen molar-refractivity contribution < 1.29 is 14.1 Å². The lowest BCUT2D eigenvalue weighted by Gasteiger charge is -2.11. The quantitative estimate of drug-likeness (QED) is 0.452. The number of amides is 1. The summed E-state index contributed by atoms with van der Waals surface area (Å²) in [7, 11) is 5.29. The maximum atomic E-state index is 13.5. The number of halogens is 1. The predicted molar refractivity (Wildman–Crippen MR) is 78.1 cm³/mol. The summed E-state index contributed by atoms with van der Waals surface area (Å²) in [6.07, 6.45) is 0.715. The summed E-state index contributed by atoms with van der Waals surface area (Å²) in [5.74, 6) is -1.36. The van der Waals surface area contributed by atoms with E-state index in [1.54, 1.807) is 0 Å². The molecule has 116 valence electrons. The molecule has 0 aliphatic carbocycles. The number of anilines is 1. The number of benzene rings is 1. The van der Waals surface area contributed by atoms with Gasteiger partial charge in [-0.05, 0) is 33.1 Å². The van der Waals surface area contributed by atoms with Crippen LogP contribution in [0.4, 0.5) is 15.8 Å². The molecule has 0 saturated carbocycles. The van der Waals surface area contributed by atoms with Crippen molar-refractivity contribution in [3.8, 4) is 0 Å². The zero-order valence-electron chi connectivity index (χ0n) is 12.3. The first-order valence-corrected chi connectivity index (χ1v) is 6.45. The van der Waals surface area contributed by atoms with Crippen molar-refractivity contribution in [3.05, 3.63) is 33.6 Å². The minimum Gasteiger partial charge on any atom is -0.386 e. The molecule has 0 radical (unpaired) electrons. The Balaban J connectivity index is 2.89. The summed E-state index contributed by atoms with van der Waals surface area (Å²) in [6, 6.07) is 1.90. The Morgan fingerprint density at radius 3 is 2.62 bits per heavy atom. The van der Waals surface area contributed by atoms with E-state index in [1.165, 1.54) is 7.05 Å². The SMILES string of the molecule is CNc1cc(C(=O)NCCCN(C)C)c([N+](=O)[O-])cc1F. The fourth-order valence-electron chi connectivity index (χ4n) is 1.78. The second kappa shape index (κ2) is 7.53. The van der Waals surface area contributed by atoms with Gasteiger partial charge in [0.15, 0.2) is 5.82 Å². The third kappa shape index (κ3) is 4.67. The zero-order valence-corrected chi connectivity index (χ0v) is 12.3. The first kappa shape index (κ1) is 16.8. The van der Waals surface area contributed by atoms with Gasteiger partial charge in [0, 0.05) is 13.6 Å². The molecule has 0 bridgehead atoms. The van der Waals surface area contributed by atoms with Gasteiger partial charge in [-0.15, -0.1) is 0 Å². The van der Waals surface area contributed by atoms with Crippen molar-refractivity contribution in [1.82, 2.24) is 10.2 Å². The Morgan fingerprint density at radius 2 is 2.10 bits per heavy atom. The first-order valence-electron chi connectivity index (χ1n) is 6.45. The Labute approximate surface area is 122 Å². The summed E-state index contributed by atoms with van der Waals surface area (Å²) in [5.41, 5.74) is -0.661. The van der Waals surface area contributed by atoms with Crippen LogP contribution in [0.25, 0.3) is 0 Å². The molecule has 0 atom stereocenters. The number of carbonyl (C=O) groups is 1. The minimum atomic E-state index is -0.770. The van der Waals surface area contributed by atoms with E-state index in [-0.39, 0.29) is 11.3 Å². The molecule has 7 nitrogen and oxygen atoms in total. The lowest BCUT2D eigenvalue weighted by Crippen LogP contribution is -2.27. The maximum Gasteiger partial charge on any atom is 0.285 e. The first-order chi connectivity index (χ1) is 9.86. The highest BCUT2D eigenvalue weighted by molar-refractivity contribution is 5.99. The number of hydrogen-bond acceptors (Lipinski definition) is 5. The largest absolute Gasteiger partial charge is 0.386 e. The summed E-state index contributed by atoms with van der Waals surface area (Å²) in [4.78, 5) is 24.1. The van der Waals surface area contributed by atoms with Gasteiger partial charge in [0.1, 0.15) is 5.56 Å². The summed E-state index contributed by atoms with van der Waals surface area (Å²) in [6.45, 7) is 1.17. The molecule has 0 fully saturated rings. The number of nitrogens with one attached hydrogen (secondary N) is 2. The summed E-state index contributed by atoms with van der Waals surface area (Å²) in [5, 5.41) is 16.1. The lowest BCUT2D eigenvalue weighted by molar-refractivity contribution is -0.385. The average molecular weight is 298 g/mol. The molecule has 2 N–H and O–H groups in total. The molecule has 0 heterocycles. The highest BCUT2D eigenvalue weighted by Gasteiger charge is 2.23. The topological polar surface area (TPSA) is 87.5 Å². The van der Waals surface area contributed by atoms with Gasteiger partial charge < -0.3 is 15.5 Å². The molecular weight excluding hydrogens is 279 g/mol. The highest BCUT2D eigenvalue weighted by atomic mass is 19.1. The van der Waals surface area contributed by atoms with Crippen LogP contribution in [0.2, 0.25) is 0 Å². The molecule has 1 amide bonds. The minimum absolute atomic E-state index is 0.0408. The van der Waals surface area contributed by atoms with Crippen molar-refractivity contribution in [3.63, 3.8) is 0 Å². The molecule has 1 aromatic rings. The van der Waals surface area contributed by atoms with E-state index in [1.807, 2.05) is 19.0 Å². The van der Waals surface area contributed by atoms with Gasteiger partial charge in [0.2, 0.25) is 0 Å². The molecule has 0 unspecified atom stereocenters.